The van der Waals surface area contributed by atoms with E-state index in [0.717, 1.165) is 4.96 Å². The van der Waals surface area contributed by atoms with Gasteiger partial charge in [-0.3, -0.25) is 0 Å². The number of nitrogens with zero attached hydrogens (tertiary/aromatic N) is 3. The van der Waals surface area contributed by atoms with E-state index in [1.54, 1.807) is 11.3 Å². The summed E-state index contributed by atoms with van der Waals surface area (Å²) in [6, 6.07) is 0. The average Bonchev–Trinajstić information content (AvgIpc) is 2.74. The number of hydrogen-bond acceptors (Lipinski definition) is 4. The zero-order valence-corrected chi connectivity index (χ0v) is 10.3. The van der Waals surface area contributed by atoms with Crippen molar-refractivity contribution in [2.24, 2.45) is 0 Å². The Morgan fingerprint density at radius 1 is 1.31 bits per heavy atom. The largest absolute Gasteiger partial charge is 0.366 e. The van der Waals surface area contributed by atoms with Crippen molar-refractivity contribution in [3.05, 3.63) is 10.6 Å². The minimum absolute atomic E-state index is 0.392. The van der Waals surface area contributed by atoms with Crippen molar-refractivity contribution in [1.29, 1.82) is 0 Å². The molecular formula is C11H16N4S. The number of fused-ring (bicyclic) bond motifs is 1. The molecule has 0 unspecified atom stereocenters. The Morgan fingerprint density at radius 2 is 2.06 bits per heavy atom. The fourth-order valence-corrected chi connectivity index (χ4v) is 3.71. The van der Waals surface area contributed by atoms with Crippen LogP contribution in [0.4, 0.5) is 5.95 Å². The standard InChI is InChI=1S/C11H16N4S/c1-7-9(8-5-3-2-4-6-8)15-11(16-7)13-10(12)14-15/h8H,2-6H2,1H3,(H2,12,14). The van der Waals surface area contributed by atoms with Gasteiger partial charge in [-0.25, -0.2) is 4.52 Å². The molecule has 0 aromatic carbocycles. The normalized spacial score (nSPS) is 18.3. The predicted molar refractivity (Wildman–Crippen MR) is 65.8 cm³/mol. The average molecular weight is 236 g/mol. The number of rotatable bonds is 1. The maximum atomic E-state index is 5.65. The van der Waals surface area contributed by atoms with Crippen LogP contribution in [0.1, 0.15) is 48.6 Å². The zero-order chi connectivity index (χ0) is 11.1. The second kappa shape index (κ2) is 3.73. The Bertz CT molecular complexity index is 507. The van der Waals surface area contributed by atoms with Gasteiger partial charge in [0.25, 0.3) is 0 Å². The van der Waals surface area contributed by atoms with Crippen molar-refractivity contribution < 1.29 is 0 Å². The van der Waals surface area contributed by atoms with Gasteiger partial charge in [0.05, 0.1) is 5.69 Å². The van der Waals surface area contributed by atoms with Gasteiger partial charge < -0.3 is 5.73 Å². The van der Waals surface area contributed by atoms with Gasteiger partial charge in [-0.2, -0.15) is 4.98 Å². The molecule has 0 spiro atoms. The molecule has 0 bridgehead atoms. The first-order chi connectivity index (χ1) is 7.75. The van der Waals surface area contributed by atoms with Crippen LogP contribution in [0, 0.1) is 6.92 Å². The topological polar surface area (TPSA) is 56.2 Å². The van der Waals surface area contributed by atoms with Gasteiger partial charge in [-0.05, 0) is 19.8 Å². The van der Waals surface area contributed by atoms with E-state index in [1.165, 1.54) is 42.7 Å². The lowest BCUT2D eigenvalue weighted by Gasteiger charge is -2.21. The van der Waals surface area contributed by atoms with E-state index < -0.39 is 0 Å². The van der Waals surface area contributed by atoms with Crippen LogP contribution in [-0.4, -0.2) is 14.6 Å². The molecule has 1 fully saturated rings. The molecule has 2 heterocycles. The van der Waals surface area contributed by atoms with Crippen LogP contribution in [0.5, 0.6) is 0 Å². The van der Waals surface area contributed by atoms with E-state index >= 15 is 0 Å². The minimum Gasteiger partial charge on any atom is -0.366 e. The summed E-state index contributed by atoms with van der Waals surface area (Å²) in [5.74, 6) is 1.05. The van der Waals surface area contributed by atoms with Crippen molar-refractivity contribution in [2.45, 2.75) is 44.9 Å². The molecule has 0 amide bonds. The van der Waals surface area contributed by atoms with Crippen LogP contribution in [0.3, 0.4) is 0 Å². The van der Waals surface area contributed by atoms with E-state index in [4.69, 9.17) is 5.73 Å². The molecule has 2 aromatic heterocycles. The van der Waals surface area contributed by atoms with Crippen LogP contribution in [-0.2, 0) is 0 Å². The van der Waals surface area contributed by atoms with Crippen LogP contribution in [0.25, 0.3) is 4.96 Å². The SMILES string of the molecule is Cc1sc2nc(N)nn2c1C1CCCCC1. The Labute approximate surface area is 98.5 Å². The molecule has 0 radical (unpaired) electrons. The van der Waals surface area contributed by atoms with Gasteiger partial charge in [-0.15, -0.1) is 5.10 Å². The van der Waals surface area contributed by atoms with Crippen molar-refractivity contribution >= 4 is 22.2 Å². The first-order valence-electron chi connectivity index (χ1n) is 5.87. The quantitative estimate of drug-likeness (QED) is 0.828. The molecule has 3 rings (SSSR count). The number of hydrogen-bond donors (Lipinski definition) is 1. The number of thiazole rings is 1. The van der Waals surface area contributed by atoms with Crippen LogP contribution < -0.4 is 5.73 Å². The first kappa shape index (κ1) is 10.1. The van der Waals surface area contributed by atoms with E-state index in [1.807, 2.05) is 4.52 Å². The molecule has 0 aliphatic heterocycles. The molecule has 86 valence electrons. The number of aromatic nitrogens is 3. The molecule has 1 saturated carbocycles. The molecule has 2 N–H and O–H groups in total. The summed E-state index contributed by atoms with van der Waals surface area (Å²) in [5, 5.41) is 4.30. The number of anilines is 1. The van der Waals surface area contributed by atoms with Gasteiger partial charge >= 0.3 is 0 Å². The van der Waals surface area contributed by atoms with Crippen LogP contribution in [0.2, 0.25) is 0 Å². The van der Waals surface area contributed by atoms with E-state index in [0.29, 0.717) is 11.9 Å². The van der Waals surface area contributed by atoms with Crippen molar-refractivity contribution in [3.8, 4) is 0 Å². The van der Waals surface area contributed by atoms with Crippen LogP contribution >= 0.6 is 11.3 Å². The molecule has 16 heavy (non-hydrogen) atoms. The van der Waals surface area contributed by atoms with Crippen LogP contribution in [0.15, 0.2) is 0 Å². The Balaban J connectivity index is 2.09. The molecule has 1 aliphatic rings. The highest BCUT2D eigenvalue weighted by molar-refractivity contribution is 7.17. The molecule has 5 heteroatoms. The zero-order valence-electron chi connectivity index (χ0n) is 9.44. The Morgan fingerprint density at radius 3 is 2.81 bits per heavy atom. The molecule has 1 aliphatic carbocycles. The molecule has 0 atom stereocenters. The summed E-state index contributed by atoms with van der Waals surface area (Å²) in [6.07, 6.45) is 6.62. The Kier molecular flexibility index (Phi) is 2.35. The third-order valence-corrected chi connectivity index (χ3v) is 4.38. The minimum atomic E-state index is 0.392. The first-order valence-corrected chi connectivity index (χ1v) is 6.69. The van der Waals surface area contributed by atoms with E-state index in [9.17, 15) is 0 Å². The highest BCUT2D eigenvalue weighted by atomic mass is 32.1. The van der Waals surface area contributed by atoms with Gasteiger partial charge in [0.15, 0.2) is 0 Å². The molecule has 4 nitrogen and oxygen atoms in total. The molecule has 2 aromatic rings. The van der Waals surface area contributed by atoms with Gasteiger partial charge in [-0.1, -0.05) is 30.6 Å². The molecule has 0 saturated heterocycles. The third kappa shape index (κ3) is 1.50. The van der Waals surface area contributed by atoms with Gasteiger partial charge in [0.2, 0.25) is 10.9 Å². The summed E-state index contributed by atoms with van der Waals surface area (Å²) >= 11 is 1.70. The van der Waals surface area contributed by atoms with Crippen molar-refractivity contribution in [1.82, 2.24) is 14.6 Å². The lowest BCUT2D eigenvalue weighted by atomic mass is 9.86. The second-order valence-corrected chi connectivity index (χ2v) is 5.72. The summed E-state index contributed by atoms with van der Waals surface area (Å²) in [6.45, 7) is 2.17. The summed E-state index contributed by atoms with van der Waals surface area (Å²) < 4.78 is 1.96. The number of nitrogen functional groups attached to an aromatic ring is 1. The van der Waals surface area contributed by atoms with E-state index in [2.05, 4.69) is 17.0 Å². The lowest BCUT2D eigenvalue weighted by molar-refractivity contribution is 0.431. The van der Waals surface area contributed by atoms with Crippen molar-refractivity contribution in [3.63, 3.8) is 0 Å². The summed E-state index contributed by atoms with van der Waals surface area (Å²) in [5.41, 5.74) is 7.00. The third-order valence-electron chi connectivity index (χ3n) is 3.42. The maximum absolute atomic E-state index is 5.65. The van der Waals surface area contributed by atoms with Crippen molar-refractivity contribution in [2.75, 3.05) is 5.73 Å². The fourth-order valence-electron chi connectivity index (χ4n) is 2.71. The maximum Gasteiger partial charge on any atom is 0.241 e. The number of nitrogens with two attached hydrogens (primary N) is 1. The number of aryl methyl sites for hydroxylation is 1. The van der Waals surface area contributed by atoms with Gasteiger partial charge in [0.1, 0.15) is 0 Å². The highest BCUT2D eigenvalue weighted by Gasteiger charge is 2.23. The van der Waals surface area contributed by atoms with E-state index in [-0.39, 0.29) is 0 Å². The Hall–Kier alpha value is -1.10. The smallest absolute Gasteiger partial charge is 0.241 e. The predicted octanol–water partition coefficient (Wildman–Crippen LogP) is 2.73. The fraction of sp³-hybridized carbons (Fsp3) is 0.636. The summed E-state index contributed by atoms with van der Waals surface area (Å²) in [7, 11) is 0. The lowest BCUT2D eigenvalue weighted by Crippen LogP contribution is -2.09. The summed E-state index contributed by atoms with van der Waals surface area (Å²) in [4.78, 5) is 6.53. The highest BCUT2D eigenvalue weighted by Crippen LogP contribution is 2.37. The molecular weight excluding hydrogens is 220 g/mol. The second-order valence-electron chi connectivity index (χ2n) is 4.54. The van der Waals surface area contributed by atoms with Gasteiger partial charge in [0, 0.05) is 10.8 Å². The monoisotopic (exact) mass is 236 g/mol.